The van der Waals surface area contributed by atoms with Gasteiger partial charge in [0.25, 0.3) is 0 Å². The number of ether oxygens (including phenoxy) is 1. The molecule has 1 saturated carbocycles. The lowest BCUT2D eigenvalue weighted by molar-refractivity contribution is -0.140. The number of imidazole rings is 1. The molecule has 1 aliphatic carbocycles. The minimum Gasteiger partial charge on any atom is -0.497 e. The van der Waals surface area contributed by atoms with E-state index in [1.165, 1.54) is 0 Å². The Morgan fingerprint density at radius 2 is 2.10 bits per heavy atom. The van der Waals surface area contributed by atoms with Crippen molar-refractivity contribution >= 4 is 5.97 Å². The van der Waals surface area contributed by atoms with E-state index < -0.39 is 11.4 Å². The first kappa shape index (κ1) is 12.7. The minimum absolute atomic E-state index is 0.619. The maximum absolute atomic E-state index is 11.4. The van der Waals surface area contributed by atoms with Gasteiger partial charge in [-0.25, -0.2) is 4.98 Å². The van der Waals surface area contributed by atoms with Crippen LogP contribution >= 0.6 is 0 Å². The third-order valence-corrected chi connectivity index (χ3v) is 3.87. The lowest BCUT2D eigenvalue weighted by atomic mass is 10.0. The van der Waals surface area contributed by atoms with Gasteiger partial charge in [0.1, 0.15) is 11.2 Å². The zero-order valence-corrected chi connectivity index (χ0v) is 11.2. The van der Waals surface area contributed by atoms with Crippen molar-refractivity contribution < 1.29 is 14.6 Å². The predicted octanol–water partition coefficient (Wildman–Crippen LogP) is 2.06. The van der Waals surface area contributed by atoms with Crippen LogP contribution in [0.2, 0.25) is 0 Å². The lowest BCUT2D eigenvalue weighted by Gasteiger charge is -2.14. The number of carboxylic acid groups (broad SMARTS) is 1. The van der Waals surface area contributed by atoms with E-state index in [1.807, 2.05) is 28.8 Å². The quantitative estimate of drug-likeness (QED) is 0.904. The number of hydrogen-bond donors (Lipinski definition) is 1. The van der Waals surface area contributed by atoms with Crippen molar-refractivity contribution in [2.24, 2.45) is 0 Å². The van der Waals surface area contributed by atoms with Gasteiger partial charge in [0.2, 0.25) is 0 Å². The average molecular weight is 272 g/mol. The van der Waals surface area contributed by atoms with E-state index in [9.17, 15) is 9.90 Å². The molecule has 0 bridgehead atoms. The Morgan fingerprint density at radius 1 is 1.40 bits per heavy atom. The molecule has 1 aromatic heterocycles. The summed E-state index contributed by atoms with van der Waals surface area (Å²) in [4.78, 5) is 15.5. The molecule has 0 atom stereocenters. The number of aliphatic carboxylic acids is 1. The first-order chi connectivity index (χ1) is 9.65. The molecule has 104 valence electrons. The second kappa shape index (κ2) is 4.67. The van der Waals surface area contributed by atoms with Gasteiger partial charge in [-0.15, -0.1) is 0 Å². The second-order valence-electron chi connectivity index (χ2n) is 5.14. The molecule has 0 radical (unpaired) electrons. The SMILES string of the molecule is COc1ccc(Cn2cncc2C2(C(=O)O)CC2)cc1. The molecule has 1 heterocycles. The van der Waals surface area contributed by atoms with Crippen molar-refractivity contribution in [2.45, 2.75) is 24.8 Å². The van der Waals surface area contributed by atoms with Crippen LogP contribution in [0.4, 0.5) is 0 Å². The molecular formula is C15H16N2O3. The van der Waals surface area contributed by atoms with Crippen molar-refractivity contribution in [3.8, 4) is 5.75 Å². The Hall–Kier alpha value is -2.30. The van der Waals surface area contributed by atoms with Crippen LogP contribution in [-0.4, -0.2) is 27.7 Å². The minimum atomic E-state index is -0.756. The van der Waals surface area contributed by atoms with Crippen molar-refractivity contribution in [3.63, 3.8) is 0 Å². The summed E-state index contributed by atoms with van der Waals surface area (Å²) in [6.45, 7) is 0.619. The molecule has 1 N–H and O–H groups in total. The van der Waals surface area contributed by atoms with Gasteiger partial charge < -0.3 is 14.4 Å². The van der Waals surface area contributed by atoms with Crippen molar-refractivity contribution in [3.05, 3.63) is 48.0 Å². The summed E-state index contributed by atoms with van der Waals surface area (Å²) < 4.78 is 7.05. The Labute approximate surface area is 116 Å². The van der Waals surface area contributed by atoms with E-state index in [-0.39, 0.29) is 0 Å². The summed E-state index contributed by atoms with van der Waals surface area (Å²) in [6.07, 6.45) is 4.75. The average Bonchev–Trinajstić information content (AvgIpc) is 3.15. The fraction of sp³-hybridized carbons (Fsp3) is 0.333. The third-order valence-electron chi connectivity index (χ3n) is 3.87. The molecule has 0 amide bonds. The third kappa shape index (κ3) is 2.05. The maximum atomic E-state index is 11.4. The maximum Gasteiger partial charge on any atom is 0.315 e. The number of aromatic nitrogens is 2. The summed E-state index contributed by atoms with van der Waals surface area (Å²) >= 11 is 0. The van der Waals surface area contributed by atoms with Crippen molar-refractivity contribution in [1.29, 1.82) is 0 Å². The highest BCUT2D eigenvalue weighted by molar-refractivity contribution is 5.84. The smallest absolute Gasteiger partial charge is 0.315 e. The Bertz CT molecular complexity index is 627. The van der Waals surface area contributed by atoms with Gasteiger partial charge in [-0.05, 0) is 30.5 Å². The highest BCUT2D eigenvalue weighted by Crippen LogP contribution is 2.48. The summed E-state index contributed by atoms with van der Waals surface area (Å²) in [5, 5.41) is 9.38. The highest BCUT2D eigenvalue weighted by Gasteiger charge is 2.53. The van der Waals surface area contributed by atoms with Crippen LogP contribution in [0, 0.1) is 0 Å². The van der Waals surface area contributed by atoms with Gasteiger partial charge in [-0.3, -0.25) is 4.79 Å². The molecule has 0 aliphatic heterocycles. The van der Waals surface area contributed by atoms with Crippen molar-refractivity contribution in [2.75, 3.05) is 7.11 Å². The molecule has 1 aliphatic rings. The van der Waals surface area contributed by atoms with Crippen LogP contribution in [0.25, 0.3) is 0 Å². The van der Waals surface area contributed by atoms with Gasteiger partial charge >= 0.3 is 5.97 Å². The normalized spacial score (nSPS) is 15.8. The number of nitrogens with zero attached hydrogens (tertiary/aromatic N) is 2. The van der Waals surface area contributed by atoms with Gasteiger partial charge in [0.15, 0.2) is 0 Å². The topological polar surface area (TPSA) is 64.4 Å². The zero-order chi connectivity index (χ0) is 14.2. The highest BCUT2D eigenvalue weighted by atomic mass is 16.5. The molecule has 0 spiro atoms. The Kier molecular flexibility index (Phi) is 2.97. The number of benzene rings is 1. The fourth-order valence-corrected chi connectivity index (χ4v) is 2.48. The number of rotatable bonds is 5. The zero-order valence-electron chi connectivity index (χ0n) is 11.2. The molecule has 1 fully saturated rings. The molecule has 5 nitrogen and oxygen atoms in total. The summed E-state index contributed by atoms with van der Waals surface area (Å²) in [6, 6.07) is 7.75. The second-order valence-corrected chi connectivity index (χ2v) is 5.14. The summed E-state index contributed by atoms with van der Waals surface area (Å²) in [5.74, 6) is 0.0535. The number of hydrogen-bond acceptors (Lipinski definition) is 3. The Morgan fingerprint density at radius 3 is 2.65 bits per heavy atom. The van der Waals surface area contributed by atoms with Crippen LogP contribution in [-0.2, 0) is 16.8 Å². The van der Waals surface area contributed by atoms with E-state index in [1.54, 1.807) is 19.6 Å². The van der Waals surface area contributed by atoms with E-state index in [0.29, 0.717) is 19.4 Å². The van der Waals surface area contributed by atoms with Crippen LogP contribution < -0.4 is 4.74 Å². The first-order valence-corrected chi connectivity index (χ1v) is 6.53. The van der Waals surface area contributed by atoms with E-state index in [4.69, 9.17) is 4.74 Å². The summed E-state index contributed by atoms with van der Waals surface area (Å²) in [5.41, 5.74) is 1.16. The molecule has 1 aromatic carbocycles. The monoisotopic (exact) mass is 272 g/mol. The molecule has 5 heteroatoms. The van der Waals surface area contributed by atoms with Crippen LogP contribution in [0.15, 0.2) is 36.8 Å². The largest absolute Gasteiger partial charge is 0.497 e. The van der Waals surface area contributed by atoms with Gasteiger partial charge in [0.05, 0.1) is 19.1 Å². The van der Waals surface area contributed by atoms with Crippen LogP contribution in [0.5, 0.6) is 5.75 Å². The molecular weight excluding hydrogens is 256 g/mol. The standard InChI is InChI=1S/C15H16N2O3/c1-20-12-4-2-11(3-5-12)9-17-10-16-8-13(17)15(6-7-15)14(18)19/h2-5,8,10H,6-7,9H2,1H3,(H,18,19). The fourth-order valence-electron chi connectivity index (χ4n) is 2.48. The molecule has 0 saturated heterocycles. The summed E-state index contributed by atoms with van der Waals surface area (Å²) in [7, 11) is 1.63. The molecule has 0 unspecified atom stereocenters. The molecule has 20 heavy (non-hydrogen) atoms. The number of carboxylic acids is 1. The van der Waals surface area contributed by atoms with E-state index in [2.05, 4.69) is 4.98 Å². The van der Waals surface area contributed by atoms with Crippen molar-refractivity contribution in [1.82, 2.24) is 9.55 Å². The van der Waals surface area contributed by atoms with Gasteiger partial charge in [-0.2, -0.15) is 0 Å². The van der Waals surface area contributed by atoms with Gasteiger partial charge in [-0.1, -0.05) is 12.1 Å². The van der Waals surface area contributed by atoms with Gasteiger partial charge in [0, 0.05) is 12.7 Å². The molecule has 2 aromatic rings. The Balaban J connectivity index is 1.85. The predicted molar refractivity (Wildman–Crippen MR) is 72.9 cm³/mol. The lowest BCUT2D eigenvalue weighted by Crippen LogP contribution is -2.23. The van der Waals surface area contributed by atoms with Crippen LogP contribution in [0.1, 0.15) is 24.1 Å². The van der Waals surface area contributed by atoms with Crippen LogP contribution in [0.3, 0.4) is 0 Å². The van der Waals surface area contributed by atoms with E-state index >= 15 is 0 Å². The van der Waals surface area contributed by atoms with E-state index in [0.717, 1.165) is 17.0 Å². The molecule has 3 rings (SSSR count). The number of carbonyl (C=O) groups is 1. The number of methoxy groups -OCH3 is 1. The first-order valence-electron chi connectivity index (χ1n) is 6.53.